The van der Waals surface area contributed by atoms with E-state index in [1.54, 1.807) is 6.92 Å². The Morgan fingerprint density at radius 1 is 1.13 bits per heavy atom. The van der Waals surface area contributed by atoms with E-state index in [0.29, 0.717) is 11.8 Å². The lowest BCUT2D eigenvalue weighted by molar-refractivity contribution is -0.128. The zero-order valence-corrected chi connectivity index (χ0v) is 13.6. The average molecular weight is 314 g/mol. The normalized spacial score (nSPS) is 17.7. The van der Waals surface area contributed by atoms with Crippen molar-refractivity contribution in [3.63, 3.8) is 0 Å². The van der Waals surface area contributed by atoms with Crippen molar-refractivity contribution in [3.8, 4) is 11.5 Å². The van der Waals surface area contributed by atoms with E-state index >= 15 is 0 Å². The molecule has 0 N–H and O–H groups in total. The Morgan fingerprint density at radius 3 is 2.65 bits per heavy atom. The van der Waals surface area contributed by atoms with Gasteiger partial charge in [-0.05, 0) is 25.5 Å². The highest BCUT2D eigenvalue weighted by Crippen LogP contribution is 2.24. The summed E-state index contributed by atoms with van der Waals surface area (Å²) >= 11 is 0. The Kier molecular flexibility index (Phi) is 4.71. The standard InChI is InChI=1S/C17H22N4O2/c1-13(20-9-6-10-21(12-11-20)14(2)22)16-18-19-17(23-16)15-7-4-3-5-8-15/h3-5,7-8,13H,6,9-12H2,1-2H3. The molecule has 0 bridgehead atoms. The number of amides is 1. The van der Waals surface area contributed by atoms with E-state index in [0.717, 1.165) is 38.2 Å². The van der Waals surface area contributed by atoms with Gasteiger partial charge in [-0.1, -0.05) is 18.2 Å². The second kappa shape index (κ2) is 6.91. The van der Waals surface area contributed by atoms with Crippen molar-refractivity contribution in [1.29, 1.82) is 0 Å². The predicted molar refractivity (Wildman–Crippen MR) is 86.6 cm³/mol. The lowest BCUT2D eigenvalue weighted by Crippen LogP contribution is -2.34. The summed E-state index contributed by atoms with van der Waals surface area (Å²) in [5.41, 5.74) is 0.928. The average Bonchev–Trinajstić information content (AvgIpc) is 2.92. The Morgan fingerprint density at radius 2 is 1.91 bits per heavy atom. The second-order valence-corrected chi connectivity index (χ2v) is 5.88. The Balaban J connectivity index is 1.70. The number of carbonyl (C=O) groups is 1. The summed E-state index contributed by atoms with van der Waals surface area (Å²) in [4.78, 5) is 15.7. The van der Waals surface area contributed by atoms with Crippen molar-refractivity contribution in [3.05, 3.63) is 36.2 Å². The zero-order chi connectivity index (χ0) is 16.2. The van der Waals surface area contributed by atoms with Crippen LogP contribution in [-0.2, 0) is 4.79 Å². The quantitative estimate of drug-likeness (QED) is 0.870. The van der Waals surface area contributed by atoms with Gasteiger partial charge >= 0.3 is 0 Å². The van der Waals surface area contributed by atoms with Gasteiger partial charge in [0.1, 0.15) is 0 Å². The molecule has 23 heavy (non-hydrogen) atoms. The summed E-state index contributed by atoms with van der Waals surface area (Å²) in [5, 5.41) is 8.37. The minimum Gasteiger partial charge on any atom is -0.419 e. The van der Waals surface area contributed by atoms with Crippen LogP contribution in [0.5, 0.6) is 0 Å². The molecular weight excluding hydrogens is 292 g/mol. The second-order valence-electron chi connectivity index (χ2n) is 5.88. The summed E-state index contributed by atoms with van der Waals surface area (Å²) in [7, 11) is 0. The van der Waals surface area contributed by atoms with Gasteiger partial charge in [-0.15, -0.1) is 10.2 Å². The van der Waals surface area contributed by atoms with Gasteiger partial charge in [-0.25, -0.2) is 0 Å². The molecule has 1 amide bonds. The molecule has 0 aliphatic carbocycles. The van der Waals surface area contributed by atoms with E-state index in [1.165, 1.54) is 0 Å². The molecule has 1 aliphatic rings. The van der Waals surface area contributed by atoms with Crippen LogP contribution >= 0.6 is 0 Å². The van der Waals surface area contributed by atoms with Crippen molar-refractivity contribution in [2.24, 2.45) is 0 Å². The first-order valence-corrected chi connectivity index (χ1v) is 8.03. The van der Waals surface area contributed by atoms with Crippen molar-refractivity contribution >= 4 is 5.91 Å². The fourth-order valence-electron chi connectivity index (χ4n) is 2.90. The minimum absolute atomic E-state index is 0.0480. The lowest BCUT2D eigenvalue weighted by Gasteiger charge is -2.25. The molecule has 122 valence electrons. The molecule has 1 fully saturated rings. The first kappa shape index (κ1) is 15.7. The van der Waals surface area contributed by atoms with Gasteiger partial charge in [0.05, 0.1) is 6.04 Å². The third-order valence-electron chi connectivity index (χ3n) is 4.34. The van der Waals surface area contributed by atoms with Crippen LogP contribution in [0.25, 0.3) is 11.5 Å². The molecule has 1 aliphatic heterocycles. The molecule has 1 unspecified atom stereocenters. The van der Waals surface area contributed by atoms with E-state index in [9.17, 15) is 4.79 Å². The molecule has 0 spiro atoms. The largest absolute Gasteiger partial charge is 0.419 e. The third-order valence-corrected chi connectivity index (χ3v) is 4.34. The van der Waals surface area contributed by atoms with E-state index < -0.39 is 0 Å². The fraction of sp³-hybridized carbons (Fsp3) is 0.471. The predicted octanol–water partition coefficient (Wildman–Crippen LogP) is 2.35. The number of aromatic nitrogens is 2. The van der Waals surface area contributed by atoms with Crippen molar-refractivity contribution < 1.29 is 9.21 Å². The number of hydrogen-bond acceptors (Lipinski definition) is 5. The number of nitrogens with zero attached hydrogens (tertiary/aromatic N) is 4. The summed E-state index contributed by atoms with van der Waals surface area (Å²) < 4.78 is 5.86. The maximum absolute atomic E-state index is 11.5. The highest BCUT2D eigenvalue weighted by Gasteiger charge is 2.25. The molecule has 6 nitrogen and oxygen atoms in total. The summed E-state index contributed by atoms with van der Waals surface area (Å²) in [5.74, 6) is 1.32. The Labute approximate surface area is 136 Å². The van der Waals surface area contributed by atoms with Gasteiger partial charge in [-0.2, -0.15) is 0 Å². The van der Waals surface area contributed by atoms with Crippen LogP contribution in [0.15, 0.2) is 34.7 Å². The highest BCUT2D eigenvalue weighted by molar-refractivity contribution is 5.73. The molecule has 0 radical (unpaired) electrons. The molecule has 1 aromatic carbocycles. The SMILES string of the molecule is CC(=O)N1CCCN(C(C)c2nnc(-c3ccccc3)o2)CC1. The zero-order valence-electron chi connectivity index (χ0n) is 13.6. The number of rotatable bonds is 3. The van der Waals surface area contributed by atoms with Crippen LogP contribution in [0, 0.1) is 0 Å². The monoisotopic (exact) mass is 314 g/mol. The van der Waals surface area contributed by atoms with Gasteiger partial charge < -0.3 is 9.32 Å². The summed E-state index contributed by atoms with van der Waals surface area (Å²) in [6.07, 6.45) is 0.962. The minimum atomic E-state index is 0.0480. The highest BCUT2D eigenvalue weighted by atomic mass is 16.4. The third kappa shape index (κ3) is 3.59. The first-order chi connectivity index (χ1) is 11.1. The molecule has 6 heteroatoms. The lowest BCUT2D eigenvalue weighted by atomic mass is 10.2. The molecular formula is C17H22N4O2. The molecule has 2 aromatic rings. The maximum Gasteiger partial charge on any atom is 0.247 e. The summed E-state index contributed by atoms with van der Waals surface area (Å²) in [6.45, 7) is 7.02. The van der Waals surface area contributed by atoms with Gasteiger partial charge in [0.25, 0.3) is 0 Å². The van der Waals surface area contributed by atoms with E-state index in [2.05, 4.69) is 22.0 Å². The van der Waals surface area contributed by atoms with Crippen LogP contribution in [0.1, 0.15) is 32.2 Å². The molecule has 0 saturated carbocycles. The Bertz CT molecular complexity index is 656. The van der Waals surface area contributed by atoms with Crippen LogP contribution in [0.3, 0.4) is 0 Å². The van der Waals surface area contributed by atoms with E-state index in [1.807, 2.05) is 35.2 Å². The number of benzene rings is 1. The summed E-state index contributed by atoms with van der Waals surface area (Å²) in [6, 6.07) is 9.83. The fourth-order valence-corrected chi connectivity index (χ4v) is 2.90. The number of hydrogen-bond donors (Lipinski definition) is 0. The molecule has 1 aromatic heterocycles. The van der Waals surface area contributed by atoms with Crippen molar-refractivity contribution in [2.75, 3.05) is 26.2 Å². The topological polar surface area (TPSA) is 62.5 Å². The van der Waals surface area contributed by atoms with Gasteiger partial charge in [-0.3, -0.25) is 9.69 Å². The molecule has 2 heterocycles. The molecule has 3 rings (SSSR count). The van der Waals surface area contributed by atoms with Crippen LogP contribution < -0.4 is 0 Å². The number of carbonyl (C=O) groups excluding carboxylic acids is 1. The van der Waals surface area contributed by atoms with Gasteiger partial charge in [0, 0.05) is 38.7 Å². The van der Waals surface area contributed by atoms with E-state index in [-0.39, 0.29) is 11.9 Å². The smallest absolute Gasteiger partial charge is 0.247 e. The van der Waals surface area contributed by atoms with Gasteiger partial charge in [0.2, 0.25) is 17.7 Å². The van der Waals surface area contributed by atoms with Crippen molar-refractivity contribution in [2.45, 2.75) is 26.3 Å². The molecule has 1 atom stereocenters. The van der Waals surface area contributed by atoms with Gasteiger partial charge in [0.15, 0.2) is 0 Å². The van der Waals surface area contributed by atoms with Crippen molar-refractivity contribution in [1.82, 2.24) is 20.0 Å². The van der Waals surface area contributed by atoms with Crippen LogP contribution in [0.2, 0.25) is 0 Å². The maximum atomic E-state index is 11.5. The van der Waals surface area contributed by atoms with Crippen LogP contribution in [0.4, 0.5) is 0 Å². The van der Waals surface area contributed by atoms with E-state index in [4.69, 9.17) is 4.42 Å². The first-order valence-electron chi connectivity index (χ1n) is 8.03. The Hall–Kier alpha value is -2.21. The van der Waals surface area contributed by atoms with Crippen LogP contribution in [-0.4, -0.2) is 52.1 Å². The molecule has 1 saturated heterocycles.